The van der Waals surface area contributed by atoms with Gasteiger partial charge in [0, 0.05) is 12.0 Å². The predicted molar refractivity (Wildman–Crippen MR) is 221 cm³/mol. The monoisotopic (exact) mass is 735 g/mol. The SMILES string of the molecule is CCc1nc2c(C)cc(C(O)C(C)C)nc2n1[C@H]1CCc2cc(-c3ccccc3-c3nnnn3C(c3ccccc3)(c3ccccc3)c3ccccc3)ccc21. The molecule has 1 N–H and O–H groups in total. The van der Waals surface area contributed by atoms with Crippen LogP contribution < -0.4 is 0 Å². The quantitative estimate of drug-likeness (QED) is 0.141. The summed E-state index contributed by atoms with van der Waals surface area (Å²) in [5.74, 6) is 1.75. The van der Waals surface area contributed by atoms with Crippen molar-refractivity contribution in [1.82, 2.24) is 34.7 Å². The largest absolute Gasteiger partial charge is 0.387 e. The van der Waals surface area contributed by atoms with Gasteiger partial charge in [-0.3, -0.25) is 0 Å². The van der Waals surface area contributed by atoms with Gasteiger partial charge < -0.3 is 9.67 Å². The first-order valence-corrected chi connectivity index (χ1v) is 19.6. The smallest absolute Gasteiger partial charge is 0.184 e. The van der Waals surface area contributed by atoms with Crippen molar-refractivity contribution in [2.24, 2.45) is 5.92 Å². The number of hydrogen-bond acceptors (Lipinski definition) is 6. The third-order valence-corrected chi connectivity index (χ3v) is 11.5. The zero-order valence-corrected chi connectivity index (χ0v) is 32.2. The van der Waals surface area contributed by atoms with E-state index in [0.717, 1.165) is 75.2 Å². The van der Waals surface area contributed by atoms with Crippen LogP contribution in [0.5, 0.6) is 0 Å². The van der Waals surface area contributed by atoms with Crippen LogP contribution in [-0.2, 0) is 18.4 Å². The number of aromatic nitrogens is 7. The minimum atomic E-state index is -0.858. The molecule has 8 heteroatoms. The van der Waals surface area contributed by atoms with E-state index in [1.54, 1.807) is 0 Å². The van der Waals surface area contributed by atoms with Crippen molar-refractivity contribution in [3.05, 3.63) is 184 Å². The maximum Gasteiger partial charge on any atom is 0.184 e. The average molecular weight is 736 g/mol. The van der Waals surface area contributed by atoms with Gasteiger partial charge in [0.2, 0.25) is 0 Å². The summed E-state index contributed by atoms with van der Waals surface area (Å²) in [6.45, 7) is 8.28. The first kappa shape index (κ1) is 35.5. The highest BCUT2D eigenvalue weighted by Crippen LogP contribution is 2.45. The van der Waals surface area contributed by atoms with E-state index in [-0.39, 0.29) is 12.0 Å². The molecule has 278 valence electrons. The van der Waals surface area contributed by atoms with E-state index in [9.17, 15) is 5.11 Å². The van der Waals surface area contributed by atoms with Gasteiger partial charge >= 0.3 is 0 Å². The predicted octanol–water partition coefficient (Wildman–Crippen LogP) is 9.69. The fourth-order valence-electron chi connectivity index (χ4n) is 8.80. The fourth-order valence-corrected chi connectivity index (χ4v) is 8.80. The molecule has 0 saturated heterocycles. The second kappa shape index (κ2) is 14.4. The Hall–Kier alpha value is -6.25. The normalized spacial score (nSPS) is 14.7. The molecule has 5 aromatic carbocycles. The summed E-state index contributed by atoms with van der Waals surface area (Å²) in [4.78, 5) is 10.2. The zero-order valence-electron chi connectivity index (χ0n) is 32.2. The zero-order chi connectivity index (χ0) is 38.4. The van der Waals surface area contributed by atoms with Crippen molar-refractivity contribution in [1.29, 1.82) is 0 Å². The Morgan fingerprint density at radius 1 is 0.750 bits per heavy atom. The summed E-state index contributed by atoms with van der Waals surface area (Å²) in [6, 6.07) is 49.0. The van der Waals surface area contributed by atoms with Crippen molar-refractivity contribution in [3.8, 4) is 22.5 Å². The lowest BCUT2D eigenvalue weighted by atomic mass is 9.77. The molecule has 1 unspecified atom stereocenters. The molecule has 0 bridgehead atoms. The molecular weight excluding hydrogens is 691 g/mol. The molecule has 56 heavy (non-hydrogen) atoms. The van der Waals surface area contributed by atoms with Crippen LogP contribution in [0.1, 0.15) is 84.2 Å². The topological polar surface area (TPSA) is 94.5 Å². The highest BCUT2D eigenvalue weighted by atomic mass is 16.3. The number of imidazole rings is 1. The Labute approximate surface area is 327 Å². The average Bonchev–Trinajstić information content (AvgIpc) is 3.99. The molecule has 1 aliphatic rings. The van der Waals surface area contributed by atoms with E-state index in [1.807, 2.05) is 42.8 Å². The van der Waals surface area contributed by atoms with E-state index < -0.39 is 11.6 Å². The number of aliphatic hydroxyl groups excluding tert-OH is 1. The van der Waals surface area contributed by atoms with E-state index in [4.69, 9.17) is 20.3 Å². The molecule has 3 aromatic heterocycles. The molecular formula is C48H45N7O. The Morgan fingerprint density at radius 3 is 1.96 bits per heavy atom. The van der Waals surface area contributed by atoms with Gasteiger partial charge in [0.05, 0.1) is 17.8 Å². The number of aryl methyl sites for hydroxylation is 3. The lowest BCUT2D eigenvalue weighted by Crippen LogP contribution is -2.39. The minimum absolute atomic E-state index is 0.0610. The Balaban J connectivity index is 1.17. The van der Waals surface area contributed by atoms with Crippen LogP contribution in [0.2, 0.25) is 0 Å². The first-order valence-electron chi connectivity index (χ1n) is 19.6. The van der Waals surface area contributed by atoms with Gasteiger partial charge in [0.15, 0.2) is 11.5 Å². The summed E-state index contributed by atoms with van der Waals surface area (Å²) in [5.41, 5.74) is 11.6. The number of hydrogen-bond donors (Lipinski definition) is 1. The molecule has 0 saturated carbocycles. The second-order valence-electron chi connectivity index (χ2n) is 15.2. The fraction of sp³-hybridized carbons (Fsp3) is 0.229. The number of tetrazole rings is 1. The van der Waals surface area contributed by atoms with Gasteiger partial charge in [-0.25, -0.2) is 14.6 Å². The number of nitrogens with zero attached hydrogens (tertiary/aromatic N) is 7. The van der Waals surface area contributed by atoms with E-state index in [2.05, 4.69) is 139 Å². The molecule has 9 rings (SSSR count). The van der Waals surface area contributed by atoms with Crippen molar-refractivity contribution >= 4 is 11.2 Å². The molecule has 8 aromatic rings. The number of rotatable bonds is 10. The Bertz CT molecular complexity index is 2550. The molecule has 0 spiro atoms. The number of fused-ring (bicyclic) bond motifs is 2. The summed E-state index contributed by atoms with van der Waals surface area (Å²) < 4.78 is 4.34. The summed E-state index contributed by atoms with van der Waals surface area (Å²) in [5, 5.41) is 25.0. The van der Waals surface area contributed by atoms with Crippen LogP contribution >= 0.6 is 0 Å². The van der Waals surface area contributed by atoms with Crippen molar-refractivity contribution in [2.75, 3.05) is 0 Å². The van der Waals surface area contributed by atoms with Gasteiger partial charge in [-0.1, -0.05) is 154 Å². The van der Waals surface area contributed by atoms with E-state index >= 15 is 0 Å². The molecule has 0 aliphatic heterocycles. The second-order valence-corrected chi connectivity index (χ2v) is 15.2. The Morgan fingerprint density at radius 2 is 1.36 bits per heavy atom. The van der Waals surface area contributed by atoms with E-state index in [0.29, 0.717) is 11.5 Å². The molecule has 0 radical (unpaired) electrons. The van der Waals surface area contributed by atoms with E-state index in [1.165, 1.54) is 11.1 Å². The molecule has 8 nitrogen and oxygen atoms in total. The van der Waals surface area contributed by atoms with Crippen molar-refractivity contribution in [2.45, 2.75) is 64.6 Å². The highest BCUT2D eigenvalue weighted by Gasteiger charge is 2.42. The maximum absolute atomic E-state index is 11.0. The van der Waals surface area contributed by atoms with Gasteiger partial charge in [-0.05, 0) is 86.7 Å². The lowest BCUT2D eigenvalue weighted by Gasteiger charge is -2.36. The van der Waals surface area contributed by atoms with Crippen molar-refractivity contribution in [3.63, 3.8) is 0 Å². The number of benzene rings is 5. The summed E-state index contributed by atoms with van der Waals surface area (Å²) >= 11 is 0. The van der Waals surface area contributed by atoms with Crippen LogP contribution in [-0.4, -0.2) is 39.8 Å². The van der Waals surface area contributed by atoms with Gasteiger partial charge in [0.25, 0.3) is 0 Å². The third kappa shape index (κ3) is 5.75. The molecule has 0 fully saturated rings. The maximum atomic E-state index is 11.0. The lowest BCUT2D eigenvalue weighted by molar-refractivity contribution is 0.122. The molecule has 3 heterocycles. The van der Waals surface area contributed by atoms with Crippen LogP contribution in [0.15, 0.2) is 140 Å². The standard InChI is InChI=1S/C48H45N7O/c1-5-43-50-44-32(4)29-41(45(56)31(2)3)49-47(44)54(43)42-28-26-34-30-33(25-27-39(34)42)38-23-15-16-24-40(38)46-51-52-53-55(46)48(35-17-9-6-10-18-35,36-19-11-7-12-20-36)37-21-13-8-14-22-37/h6-25,27,29-31,42,45,56H,5,26,28H2,1-4H3/t42-,45?/m0/s1. The third-order valence-electron chi connectivity index (χ3n) is 11.5. The number of aliphatic hydroxyl groups is 1. The molecule has 1 aliphatic carbocycles. The molecule has 2 atom stereocenters. The van der Waals surface area contributed by atoms with Crippen LogP contribution in [0.3, 0.4) is 0 Å². The van der Waals surface area contributed by atoms with Crippen LogP contribution in [0, 0.1) is 12.8 Å². The van der Waals surface area contributed by atoms with Gasteiger partial charge in [-0.15, -0.1) is 5.10 Å². The first-order chi connectivity index (χ1) is 27.4. The van der Waals surface area contributed by atoms with Gasteiger partial charge in [0.1, 0.15) is 16.9 Å². The minimum Gasteiger partial charge on any atom is -0.387 e. The Kier molecular flexibility index (Phi) is 9.14. The summed E-state index contributed by atoms with van der Waals surface area (Å²) in [6.07, 6.45) is 2.04. The van der Waals surface area contributed by atoms with Crippen LogP contribution in [0.4, 0.5) is 0 Å². The number of pyridine rings is 1. The molecule has 0 amide bonds. The van der Waals surface area contributed by atoms with Crippen molar-refractivity contribution < 1.29 is 5.11 Å². The summed E-state index contributed by atoms with van der Waals surface area (Å²) in [7, 11) is 0. The highest BCUT2D eigenvalue weighted by molar-refractivity contribution is 5.82. The van der Waals surface area contributed by atoms with Gasteiger partial charge in [-0.2, -0.15) is 0 Å². The van der Waals surface area contributed by atoms with Crippen LogP contribution in [0.25, 0.3) is 33.7 Å².